The summed E-state index contributed by atoms with van der Waals surface area (Å²) in [4.78, 5) is 13.0. The van der Waals surface area contributed by atoms with Crippen molar-refractivity contribution in [3.63, 3.8) is 0 Å². The van der Waals surface area contributed by atoms with Gasteiger partial charge in [-0.15, -0.1) is 0 Å². The third kappa shape index (κ3) is 4.97. The zero-order chi connectivity index (χ0) is 31.2. The molecule has 0 radical (unpaired) electrons. The van der Waals surface area contributed by atoms with Gasteiger partial charge in [0.15, 0.2) is 5.82 Å². The predicted octanol–water partition coefficient (Wildman–Crippen LogP) is 12.0. The molecule has 6 aromatic carbocycles. The standard InChI is InChI=1S/C44H34N2S/c1-3-13-30(14-4-1)42-36-19-5-7-21-39(36)45-43(46-42)35-18-12-17-33(28-35)31-15-11-16-32(27-31)34-23-24-41-38(29-34)44(25-9-2-10-26-44)37-20-6-8-22-40(37)47-41/h1,3-8,11-24,27-29H,2,9-10,25-26H2. The van der Waals surface area contributed by atoms with Crippen LogP contribution in [0.4, 0.5) is 0 Å². The van der Waals surface area contributed by atoms with Crippen LogP contribution in [-0.4, -0.2) is 9.97 Å². The molecule has 1 saturated carbocycles. The molecule has 2 heterocycles. The lowest BCUT2D eigenvalue weighted by Crippen LogP contribution is -2.33. The smallest absolute Gasteiger partial charge is 0.160 e. The van der Waals surface area contributed by atoms with Crippen molar-refractivity contribution >= 4 is 22.7 Å². The fourth-order valence-corrected chi connectivity index (χ4v) is 9.08. The van der Waals surface area contributed by atoms with E-state index in [1.165, 1.54) is 69.7 Å². The topological polar surface area (TPSA) is 25.8 Å². The number of benzene rings is 6. The Bertz CT molecular complexity index is 2270. The van der Waals surface area contributed by atoms with Crippen LogP contribution in [0.1, 0.15) is 43.2 Å². The summed E-state index contributed by atoms with van der Waals surface area (Å²) in [5.41, 5.74) is 12.1. The number of fused-ring (bicyclic) bond motifs is 5. The number of hydrogen-bond donors (Lipinski definition) is 0. The van der Waals surface area contributed by atoms with Gasteiger partial charge in [-0.3, -0.25) is 0 Å². The van der Waals surface area contributed by atoms with Gasteiger partial charge in [-0.25, -0.2) is 9.97 Å². The molecule has 1 aliphatic heterocycles. The zero-order valence-corrected chi connectivity index (χ0v) is 27.0. The quantitative estimate of drug-likeness (QED) is 0.195. The van der Waals surface area contributed by atoms with Crippen LogP contribution in [0.3, 0.4) is 0 Å². The van der Waals surface area contributed by atoms with Crippen molar-refractivity contribution in [3.05, 3.63) is 157 Å². The van der Waals surface area contributed by atoms with Crippen molar-refractivity contribution in [3.8, 4) is 44.9 Å². The highest BCUT2D eigenvalue weighted by atomic mass is 32.2. The summed E-state index contributed by atoms with van der Waals surface area (Å²) in [7, 11) is 0. The maximum Gasteiger partial charge on any atom is 0.160 e. The van der Waals surface area contributed by atoms with Gasteiger partial charge < -0.3 is 0 Å². The maximum atomic E-state index is 5.13. The van der Waals surface area contributed by atoms with E-state index < -0.39 is 0 Å². The molecule has 1 aromatic heterocycles. The second kappa shape index (κ2) is 11.7. The van der Waals surface area contributed by atoms with Crippen LogP contribution in [0.25, 0.3) is 55.8 Å². The normalized spacial score (nSPS) is 14.9. The molecule has 0 saturated heterocycles. The van der Waals surface area contributed by atoms with Gasteiger partial charge >= 0.3 is 0 Å². The lowest BCUT2D eigenvalue weighted by atomic mass is 9.64. The van der Waals surface area contributed by atoms with Crippen molar-refractivity contribution in [2.45, 2.75) is 47.3 Å². The molecular weight excluding hydrogens is 589 g/mol. The predicted molar refractivity (Wildman–Crippen MR) is 196 cm³/mol. The summed E-state index contributed by atoms with van der Waals surface area (Å²) < 4.78 is 0. The Kier molecular flexibility index (Phi) is 7.01. The number of rotatable bonds is 4. The summed E-state index contributed by atoms with van der Waals surface area (Å²) in [5, 5.41) is 1.06. The molecule has 47 heavy (non-hydrogen) atoms. The molecule has 1 aliphatic carbocycles. The largest absolute Gasteiger partial charge is 0.228 e. The fourth-order valence-electron chi connectivity index (χ4n) is 7.82. The van der Waals surface area contributed by atoms with Gasteiger partial charge in [-0.2, -0.15) is 0 Å². The third-order valence-electron chi connectivity index (χ3n) is 10.1. The summed E-state index contributed by atoms with van der Waals surface area (Å²) in [6, 6.07) is 52.7. The summed E-state index contributed by atoms with van der Waals surface area (Å²) >= 11 is 1.94. The fraction of sp³-hybridized carbons (Fsp3) is 0.136. The van der Waals surface area contributed by atoms with Crippen LogP contribution >= 0.6 is 11.8 Å². The minimum absolute atomic E-state index is 0.121. The number of hydrogen-bond acceptors (Lipinski definition) is 3. The summed E-state index contributed by atoms with van der Waals surface area (Å²) in [5.74, 6) is 0.741. The lowest BCUT2D eigenvalue weighted by molar-refractivity contribution is 0.335. The molecule has 1 fully saturated rings. The Morgan fingerprint density at radius 3 is 1.87 bits per heavy atom. The van der Waals surface area contributed by atoms with Gasteiger partial charge in [0.25, 0.3) is 0 Å². The van der Waals surface area contributed by atoms with Crippen molar-refractivity contribution in [1.29, 1.82) is 0 Å². The molecule has 1 spiro atoms. The SMILES string of the molecule is c1ccc(-c2nc(-c3cccc(-c4cccc(-c5ccc6c(c5)C5(CCCCC5)c5ccccc5S6)c4)c3)nc3ccccc23)cc1. The van der Waals surface area contributed by atoms with E-state index in [1.54, 1.807) is 0 Å². The second-order valence-electron chi connectivity index (χ2n) is 12.9. The molecule has 0 atom stereocenters. The van der Waals surface area contributed by atoms with Crippen molar-refractivity contribution in [2.24, 2.45) is 0 Å². The van der Waals surface area contributed by atoms with Crippen molar-refractivity contribution < 1.29 is 0 Å². The van der Waals surface area contributed by atoms with E-state index in [4.69, 9.17) is 9.97 Å². The highest BCUT2D eigenvalue weighted by molar-refractivity contribution is 7.99. The first-order chi connectivity index (χ1) is 23.2. The van der Waals surface area contributed by atoms with E-state index in [1.807, 2.05) is 23.9 Å². The van der Waals surface area contributed by atoms with E-state index >= 15 is 0 Å². The highest BCUT2D eigenvalue weighted by Crippen LogP contribution is 2.56. The Hall–Kier alpha value is -4.99. The summed E-state index contributed by atoms with van der Waals surface area (Å²) in [6.07, 6.45) is 6.39. The average molecular weight is 623 g/mol. The van der Waals surface area contributed by atoms with E-state index in [0.717, 1.165) is 39.1 Å². The first-order valence-electron chi connectivity index (χ1n) is 16.7. The molecule has 0 unspecified atom stereocenters. The molecule has 2 nitrogen and oxygen atoms in total. The van der Waals surface area contributed by atoms with E-state index in [-0.39, 0.29) is 5.41 Å². The van der Waals surface area contributed by atoms with Crippen molar-refractivity contribution in [2.75, 3.05) is 0 Å². The molecule has 0 bridgehead atoms. The van der Waals surface area contributed by atoms with Gasteiger partial charge in [0.05, 0.1) is 11.2 Å². The highest BCUT2D eigenvalue weighted by Gasteiger charge is 2.41. The van der Waals surface area contributed by atoms with E-state index in [0.29, 0.717) is 0 Å². The van der Waals surface area contributed by atoms with Crippen LogP contribution in [0, 0.1) is 0 Å². The molecule has 0 amide bonds. The maximum absolute atomic E-state index is 5.13. The molecule has 226 valence electrons. The van der Waals surface area contributed by atoms with Crippen molar-refractivity contribution in [1.82, 2.24) is 9.97 Å². The van der Waals surface area contributed by atoms with Crippen LogP contribution < -0.4 is 0 Å². The van der Waals surface area contributed by atoms with E-state index in [2.05, 4.69) is 133 Å². The Morgan fingerprint density at radius 1 is 0.447 bits per heavy atom. The van der Waals surface area contributed by atoms with Crippen LogP contribution in [0.5, 0.6) is 0 Å². The Labute approximate surface area is 280 Å². The average Bonchev–Trinajstić information content (AvgIpc) is 3.15. The third-order valence-corrected chi connectivity index (χ3v) is 11.3. The van der Waals surface area contributed by atoms with Gasteiger partial charge in [0.2, 0.25) is 0 Å². The summed E-state index contributed by atoms with van der Waals surface area (Å²) in [6.45, 7) is 0. The van der Waals surface area contributed by atoms with Gasteiger partial charge in [0.1, 0.15) is 0 Å². The first kappa shape index (κ1) is 28.3. The molecule has 9 rings (SSSR count). The molecule has 3 heteroatoms. The number of nitrogens with zero attached hydrogens (tertiary/aromatic N) is 2. The zero-order valence-electron chi connectivity index (χ0n) is 26.2. The Morgan fingerprint density at radius 2 is 1.06 bits per heavy atom. The molecule has 0 N–H and O–H groups in total. The van der Waals surface area contributed by atoms with Crippen LogP contribution in [0.15, 0.2) is 155 Å². The van der Waals surface area contributed by atoms with E-state index in [9.17, 15) is 0 Å². The molecular formula is C44H34N2S. The van der Waals surface area contributed by atoms with Gasteiger partial charge in [-0.05, 0) is 82.6 Å². The first-order valence-corrected chi connectivity index (χ1v) is 17.5. The van der Waals surface area contributed by atoms with Crippen LogP contribution in [0.2, 0.25) is 0 Å². The minimum atomic E-state index is 0.121. The van der Waals surface area contributed by atoms with Crippen LogP contribution in [-0.2, 0) is 5.41 Å². The molecule has 2 aliphatic rings. The Balaban J connectivity index is 1.10. The minimum Gasteiger partial charge on any atom is -0.228 e. The van der Waals surface area contributed by atoms with Gasteiger partial charge in [0, 0.05) is 31.7 Å². The monoisotopic (exact) mass is 622 g/mol. The number of para-hydroxylation sites is 1. The second-order valence-corrected chi connectivity index (χ2v) is 14.0. The lowest BCUT2D eigenvalue weighted by Gasteiger charge is -2.43. The van der Waals surface area contributed by atoms with Gasteiger partial charge in [-0.1, -0.05) is 140 Å². The number of aromatic nitrogens is 2. The molecule has 7 aromatic rings.